The molecule has 0 atom stereocenters. The van der Waals surface area contributed by atoms with Crippen LogP contribution in [0.2, 0.25) is 10.0 Å². The van der Waals surface area contributed by atoms with Crippen molar-refractivity contribution in [2.45, 2.75) is 11.8 Å². The molecule has 1 amide bonds. The minimum absolute atomic E-state index is 0.0137. The molecule has 170 valence electrons. The lowest BCUT2D eigenvalue weighted by atomic mass is 10.1. The van der Waals surface area contributed by atoms with E-state index < -0.39 is 46.1 Å². The predicted molar refractivity (Wildman–Crippen MR) is 111 cm³/mol. The average Bonchev–Trinajstić information content (AvgIpc) is 2.90. The van der Waals surface area contributed by atoms with E-state index >= 15 is 0 Å². The van der Waals surface area contributed by atoms with E-state index in [1.54, 1.807) is 6.92 Å². The smallest absolute Gasteiger partial charge is 0.342 e. The summed E-state index contributed by atoms with van der Waals surface area (Å²) in [5.41, 5.74) is -0.474. The molecular weight excluding hydrogens is 489 g/mol. The van der Waals surface area contributed by atoms with E-state index in [1.165, 1.54) is 24.3 Å². The minimum atomic E-state index is -4.46. The van der Waals surface area contributed by atoms with Crippen LogP contribution in [0.5, 0.6) is 11.5 Å². The molecule has 3 rings (SSSR count). The molecule has 1 heterocycles. The largest absolute Gasteiger partial charge is 0.493 e. The maximum absolute atomic E-state index is 13.0. The van der Waals surface area contributed by atoms with Crippen molar-refractivity contribution in [1.29, 1.82) is 0 Å². The maximum Gasteiger partial charge on any atom is 0.342 e. The van der Waals surface area contributed by atoms with Gasteiger partial charge in [-0.3, -0.25) is 4.79 Å². The van der Waals surface area contributed by atoms with Gasteiger partial charge in [-0.05, 0) is 19.1 Å². The first-order valence-electron chi connectivity index (χ1n) is 8.91. The number of amides is 1. The molecule has 1 aliphatic rings. The highest BCUT2D eigenvalue weighted by atomic mass is 35.5. The lowest BCUT2D eigenvalue weighted by molar-refractivity contribution is -0.139. The molecule has 1 N–H and O–H groups in total. The molecule has 2 aromatic rings. The molecule has 0 fully saturated rings. The number of aliphatic carboxylic acids is 1. The second-order valence-corrected chi connectivity index (χ2v) is 8.87. The number of carbonyl (C=O) groups excluding carboxylic acids is 2. The molecule has 32 heavy (non-hydrogen) atoms. The number of carbonyl (C=O) groups is 3. The van der Waals surface area contributed by atoms with Crippen molar-refractivity contribution in [2.24, 2.45) is 0 Å². The number of benzene rings is 2. The summed E-state index contributed by atoms with van der Waals surface area (Å²) in [5, 5.41) is 8.75. The Labute approximate surface area is 192 Å². The van der Waals surface area contributed by atoms with Crippen molar-refractivity contribution < 1.29 is 42.1 Å². The second kappa shape index (κ2) is 9.23. The van der Waals surface area contributed by atoms with Crippen LogP contribution in [0.15, 0.2) is 35.2 Å². The van der Waals surface area contributed by atoms with E-state index in [0.717, 1.165) is 6.07 Å². The number of nitrogens with zero attached hydrogens (tertiary/aromatic N) is 1. The quantitative estimate of drug-likeness (QED) is 0.538. The van der Waals surface area contributed by atoms with Gasteiger partial charge in [0.25, 0.3) is 15.9 Å². The molecule has 0 saturated heterocycles. The molecule has 0 spiro atoms. The van der Waals surface area contributed by atoms with Gasteiger partial charge in [-0.15, -0.1) is 0 Å². The van der Waals surface area contributed by atoms with E-state index in [4.69, 9.17) is 42.5 Å². The maximum atomic E-state index is 13.0. The molecule has 0 bridgehead atoms. The van der Waals surface area contributed by atoms with E-state index in [1.807, 2.05) is 0 Å². The number of esters is 1. The molecule has 2 aromatic carbocycles. The van der Waals surface area contributed by atoms with Gasteiger partial charge in [-0.2, -0.15) is 4.31 Å². The number of carboxylic acids is 1. The van der Waals surface area contributed by atoms with Crippen LogP contribution < -0.4 is 9.47 Å². The summed E-state index contributed by atoms with van der Waals surface area (Å²) in [7, 11) is -4.46. The molecule has 0 aromatic heterocycles. The normalized spacial score (nSPS) is 14.1. The molecular formula is C19H15Cl2NO9S. The summed E-state index contributed by atoms with van der Waals surface area (Å²) >= 11 is 11.9. The average molecular weight is 504 g/mol. The van der Waals surface area contributed by atoms with Crippen molar-refractivity contribution in [3.63, 3.8) is 0 Å². The third-order valence-corrected chi connectivity index (χ3v) is 6.55. The third kappa shape index (κ3) is 4.45. The summed E-state index contributed by atoms with van der Waals surface area (Å²) in [6.45, 7) is 0.00547. The zero-order chi connectivity index (χ0) is 23.6. The fourth-order valence-corrected chi connectivity index (χ4v) is 4.84. The number of rotatable bonds is 8. The number of ether oxygens (including phenoxy) is 3. The van der Waals surface area contributed by atoms with Gasteiger partial charge < -0.3 is 19.3 Å². The van der Waals surface area contributed by atoms with Crippen LogP contribution in [0.1, 0.15) is 27.6 Å². The Balaban J connectivity index is 1.92. The molecule has 0 aliphatic carbocycles. The summed E-state index contributed by atoms with van der Waals surface area (Å²) in [6, 6.07) is 6.50. The predicted octanol–water partition coefficient (Wildman–Crippen LogP) is 2.81. The molecule has 1 aliphatic heterocycles. The van der Waals surface area contributed by atoms with Crippen LogP contribution in [-0.4, -0.2) is 55.6 Å². The minimum Gasteiger partial charge on any atom is -0.493 e. The Hall–Kier alpha value is -3.02. The number of fused-ring (bicyclic) bond motifs is 1. The van der Waals surface area contributed by atoms with Crippen molar-refractivity contribution in [3.05, 3.63) is 51.5 Å². The lowest BCUT2D eigenvalue weighted by Gasteiger charge is -2.15. The van der Waals surface area contributed by atoms with Crippen molar-refractivity contribution >= 4 is 51.1 Å². The Kier molecular flexibility index (Phi) is 6.82. The third-order valence-electron chi connectivity index (χ3n) is 4.19. The Morgan fingerprint density at radius 3 is 2.38 bits per heavy atom. The molecule has 0 radical (unpaired) electrons. The van der Waals surface area contributed by atoms with Crippen molar-refractivity contribution in [2.75, 3.05) is 19.9 Å². The summed E-state index contributed by atoms with van der Waals surface area (Å²) in [6.07, 6.45) is 0. The van der Waals surface area contributed by atoms with Crippen LogP contribution in [0.3, 0.4) is 0 Å². The SMILES string of the molecule is CCOc1cc(OCC(=O)O)cc2c1C(=O)N(COC(=O)c1c(Cl)cccc1Cl)S2(=O)=O. The number of carboxylic acid groups (broad SMARTS) is 1. The first-order chi connectivity index (χ1) is 15.1. The van der Waals surface area contributed by atoms with Crippen molar-refractivity contribution in [3.8, 4) is 11.5 Å². The van der Waals surface area contributed by atoms with Gasteiger partial charge in [-0.25, -0.2) is 18.0 Å². The van der Waals surface area contributed by atoms with Gasteiger partial charge in [0, 0.05) is 12.1 Å². The summed E-state index contributed by atoms with van der Waals surface area (Å²) in [5.74, 6) is -3.56. The highest BCUT2D eigenvalue weighted by Gasteiger charge is 2.45. The number of hydrogen-bond acceptors (Lipinski definition) is 8. The van der Waals surface area contributed by atoms with Gasteiger partial charge >= 0.3 is 11.9 Å². The van der Waals surface area contributed by atoms with Crippen LogP contribution >= 0.6 is 23.2 Å². The Morgan fingerprint density at radius 1 is 1.12 bits per heavy atom. The highest BCUT2D eigenvalue weighted by molar-refractivity contribution is 7.90. The zero-order valence-corrected chi connectivity index (χ0v) is 18.7. The monoisotopic (exact) mass is 503 g/mol. The lowest BCUT2D eigenvalue weighted by Crippen LogP contribution is -2.33. The number of sulfonamides is 1. The van der Waals surface area contributed by atoms with Gasteiger partial charge in [-0.1, -0.05) is 29.3 Å². The van der Waals surface area contributed by atoms with Gasteiger partial charge in [0.1, 0.15) is 22.0 Å². The fourth-order valence-electron chi connectivity index (χ4n) is 2.84. The first-order valence-corrected chi connectivity index (χ1v) is 11.1. The summed E-state index contributed by atoms with van der Waals surface area (Å²) < 4.78 is 41.6. The van der Waals surface area contributed by atoms with Crippen molar-refractivity contribution in [1.82, 2.24) is 4.31 Å². The van der Waals surface area contributed by atoms with Crippen LogP contribution in [0.25, 0.3) is 0 Å². The van der Waals surface area contributed by atoms with E-state index in [9.17, 15) is 22.8 Å². The standard InChI is InChI=1S/C19H15Cl2NO9S/c1-2-29-13-6-10(30-8-15(23)24)7-14-17(13)18(25)22(32(14,27)28)9-31-19(26)16-11(20)4-3-5-12(16)21/h3-7H,2,8-9H2,1H3,(H,23,24). The van der Waals surface area contributed by atoms with E-state index in [2.05, 4.69) is 0 Å². The Morgan fingerprint density at radius 2 is 1.78 bits per heavy atom. The molecule has 10 nitrogen and oxygen atoms in total. The van der Waals surface area contributed by atoms with Crippen LogP contribution in [-0.2, 0) is 19.6 Å². The molecule has 0 saturated carbocycles. The topological polar surface area (TPSA) is 137 Å². The summed E-state index contributed by atoms with van der Waals surface area (Å²) in [4.78, 5) is 35.5. The van der Waals surface area contributed by atoms with Gasteiger partial charge in [0.2, 0.25) is 0 Å². The van der Waals surface area contributed by atoms with E-state index in [0.29, 0.717) is 4.31 Å². The second-order valence-electron chi connectivity index (χ2n) is 6.23. The van der Waals surface area contributed by atoms with Gasteiger partial charge in [0.05, 0.1) is 22.2 Å². The number of halogens is 2. The molecule has 13 heteroatoms. The molecule has 0 unspecified atom stereocenters. The van der Waals surface area contributed by atoms with Gasteiger partial charge in [0.15, 0.2) is 13.3 Å². The Bertz CT molecular complexity index is 1190. The highest BCUT2D eigenvalue weighted by Crippen LogP contribution is 2.40. The zero-order valence-electron chi connectivity index (χ0n) is 16.3. The number of hydrogen-bond donors (Lipinski definition) is 1. The fraction of sp³-hybridized carbons (Fsp3) is 0.211. The first kappa shape index (κ1) is 23.6. The van der Waals surface area contributed by atoms with Crippen LogP contribution in [0.4, 0.5) is 0 Å². The van der Waals surface area contributed by atoms with Crippen LogP contribution in [0, 0.1) is 0 Å². The van der Waals surface area contributed by atoms with E-state index in [-0.39, 0.29) is 39.3 Å².